The molecule has 1 aliphatic rings. The van der Waals surface area contributed by atoms with Gasteiger partial charge in [0.15, 0.2) is 6.61 Å². The molecule has 2 N–H and O–H groups in total. The van der Waals surface area contributed by atoms with Gasteiger partial charge in [0, 0.05) is 5.69 Å². The van der Waals surface area contributed by atoms with Crippen molar-refractivity contribution in [1.29, 1.82) is 5.26 Å². The molecule has 1 aromatic rings. The van der Waals surface area contributed by atoms with Gasteiger partial charge in [0.2, 0.25) is 10.0 Å². The molecule has 25 heavy (non-hydrogen) atoms. The largest absolute Gasteiger partial charge is 0.452 e. The number of carbonyl (C=O) groups excluding carboxylic acids is 2. The number of ether oxygens (including phenoxy) is 1. The molecule has 0 radical (unpaired) electrons. The van der Waals surface area contributed by atoms with Crippen molar-refractivity contribution in [3.63, 3.8) is 0 Å². The van der Waals surface area contributed by atoms with Crippen LogP contribution in [0, 0.1) is 17.2 Å². The summed E-state index contributed by atoms with van der Waals surface area (Å²) in [5.74, 6) is -1.21. The van der Waals surface area contributed by atoms with Crippen LogP contribution < -0.4 is 10.0 Å². The zero-order valence-electron chi connectivity index (χ0n) is 13.9. The first-order chi connectivity index (χ1) is 11.6. The Morgan fingerprint density at radius 3 is 2.64 bits per heavy atom. The smallest absolute Gasteiger partial charge is 0.338 e. The van der Waals surface area contributed by atoms with Crippen molar-refractivity contribution in [1.82, 2.24) is 5.32 Å². The van der Waals surface area contributed by atoms with Gasteiger partial charge < -0.3 is 10.1 Å². The van der Waals surface area contributed by atoms with Crippen molar-refractivity contribution in [2.24, 2.45) is 5.92 Å². The highest BCUT2D eigenvalue weighted by Crippen LogP contribution is 2.39. The Hall–Kier alpha value is -2.60. The number of nitriles is 1. The summed E-state index contributed by atoms with van der Waals surface area (Å²) in [5, 5.41) is 11.8. The molecule has 2 rings (SSSR count). The van der Waals surface area contributed by atoms with Crippen LogP contribution in [0.1, 0.15) is 30.1 Å². The Balaban J connectivity index is 1.93. The number of anilines is 1. The molecule has 0 spiro atoms. The van der Waals surface area contributed by atoms with Gasteiger partial charge in [-0.25, -0.2) is 13.2 Å². The van der Waals surface area contributed by atoms with Crippen molar-refractivity contribution in [2.75, 3.05) is 17.6 Å². The van der Waals surface area contributed by atoms with Crippen molar-refractivity contribution >= 4 is 27.6 Å². The van der Waals surface area contributed by atoms with Crippen molar-refractivity contribution < 1.29 is 22.7 Å². The van der Waals surface area contributed by atoms with Gasteiger partial charge >= 0.3 is 5.97 Å². The molecule has 0 aromatic heterocycles. The van der Waals surface area contributed by atoms with Crippen molar-refractivity contribution in [2.45, 2.75) is 25.3 Å². The fourth-order valence-electron chi connectivity index (χ4n) is 2.35. The molecule has 0 bridgehead atoms. The number of nitrogens with one attached hydrogen (secondary N) is 2. The summed E-state index contributed by atoms with van der Waals surface area (Å²) in [7, 11) is -3.47. The lowest BCUT2D eigenvalue weighted by atomic mass is 9.98. The van der Waals surface area contributed by atoms with Gasteiger partial charge in [-0.3, -0.25) is 9.52 Å². The highest BCUT2D eigenvalue weighted by molar-refractivity contribution is 7.92. The molecule has 1 fully saturated rings. The van der Waals surface area contributed by atoms with Crippen molar-refractivity contribution in [3.05, 3.63) is 29.8 Å². The SMILES string of the molecule is CC(C#N)(NC(=O)COC(=O)c1cccc(NS(C)(=O)=O)c1)C1CC1. The summed E-state index contributed by atoms with van der Waals surface area (Å²) in [6.45, 7) is 1.12. The Bertz CT molecular complexity index is 826. The Morgan fingerprint density at radius 1 is 1.40 bits per heavy atom. The van der Waals surface area contributed by atoms with E-state index in [0.29, 0.717) is 0 Å². The molecule has 0 aliphatic heterocycles. The number of sulfonamides is 1. The second kappa shape index (κ2) is 7.11. The minimum atomic E-state index is -3.47. The van der Waals surface area contributed by atoms with Crippen LogP contribution >= 0.6 is 0 Å². The number of esters is 1. The zero-order chi connectivity index (χ0) is 18.7. The molecule has 1 aromatic carbocycles. The van der Waals surface area contributed by atoms with E-state index < -0.39 is 34.0 Å². The molecule has 134 valence electrons. The van der Waals surface area contributed by atoms with E-state index in [1.165, 1.54) is 24.3 Å². The summed E-state index contributed by atoms with van der Waals surface area (Å²) in [6, 6.07) is 7.81. The summed E-state index contributed by atoms with van der Waals surface area (Å²) in [6.07, 6.45) is 2.75. The first-order valence-electron chi connectivity index (χ1n) is 7.60. The van der Waals surface area contributed by atoms with Gasteiger partial charge in [0.25, 0.3) is 5.91 Å². The molecule has 1 atom stereocenters. The topological polar surface area (TPSA) is 125 Å². The highest BCUT2D eigenvalue weighted by Gasteiger charge is 2.43. The second-order valence-corrected chi connectivity index (χ2v) is 7.92. The minimum absolute atomic E-state index is 0.103. The van der Waals surface area contributed by atoms with Crippen LogP contribution in [0.2, 0.25) is 0 Å². The first-order valence-corrected chi connectivity index (χ1v) is 9.49. The Labute approximate surface area is 146 Å². The van der Waals surface area contributed by atoms with Gasteiger partial charge in [-0.2, -0.15) is 5.26 Å². The number of hydrogen-bond donors (Lipinski definition) is 2. The maximum atomic E-state index is 12.0. The van der Waals surface area contributed by atoms with Crippen LogP contribution in [0.15, 0.2) is 24.3 Å². The standard InChI is InChI=1S/C16H19N3O5S/c1-16(10-17,12-6-7-12)18-14(20)9-24-15(21)11-4-3-5-13(8-11)19-25(2,22)23/h3-5,8,12,19H,6-7,9H2,1-2H3,(H,18,20). The summed E-state index contributed by atoms with van der Waals surface area (Å²) >= 11 is 0. The average molecular weight is 365 g/mol. The van der Waals surface area contributed by atoms with E-state index in [4.69, 9.17) is 4.74 Å². The lowest BCUT2D eigenvalue weighted by Gasteiger charge is -2.22. The first kappa shape index (κ1) is 18.7. The molecule has 9 heteroatoms. The molecular formula is C16H19N3O5S. The zero-order valence-corrected chi connectivity index (χ0v) is 14.7. The van der Waals surface area contributed by atoms with Crippen LogP contribution in [-0.2, 0) is 19.6 Å². The van der Waals surface area contributed by atoms with Crippen LogP contribution in [0.5, 0.6) is 0 Å². The number of amides is 1. The van der Waals surface area contributed by atoms with E-state index in [2.05, 4.69) is 16.1 Å². The van der Waals surface area contributed by atoms with Crippen LogP contribution in [0.3, 0.4) is 0 Å². The number of rotatable bonds is 7. The molecule has 1 aliphatic carbocycles. The van der Waals surface area contributed by atoms with E-state index in [1.54, 1.807) is 6.92 Å². The summed E-state index contributed by atoms with van der Waals surface area (Å²) in [4.78, 5) is 23.9. The molecule has 0 heterocycles. The molecule has 0 saturated heterocycles. The van der Waals surface area contributed by atoms with Crippen LogP contribution in [0.4, 0.5) is 5.69 Å². The quantitative estimate of drug-likeness (QED) is 0.695. The van der Waals surface area contributed by atoms with Gasteiger partial charge in [-0.05, 0) is 43.9 Å². The second-order valence-electron chi connectivity index (χ2n) is 6.17. The Morgan fingerprint density at radius 2 is 2.08 bits per heavy atom. The fraction of sp³-hybridized carbons (Fsp3) is 0.438. The number of hydrogen-bond acceptors (Lipinski definition) is 6. The van der Waals surface area contributed by atoms with E-state index in [9.17, 15) is 23.3 Å². The third-order valence-corrected chi connectivity index (χ3v) is 4.37. The minimum Gasteiger partial charge on any atom is -0.452 e. The third-order valence-electron chi connectivity index (χ3n) is 3.76. The number of nitrogens with zero attached hydrogens (tertiary/aromatic N) is 1. The highest BCUT2D eigenvalue weighted by atomic mass is 32.2. The van der Waals surface area contributed by atoms with Gasteiger partial charge in [-0.1, -0.05) is 6.07 Å². The number of benzene rings is 1. The molecule has 8 nitrogen and oxygen atoms in total. The summed E-state index contributed by atoms with van der Waals surface area (Å²) < 4.78 is 29.6. The van der Waals surface area contributed by atoms with Crippen LogP contribution in [0.25, 0.3) is 0 Å². The van der Waals surface area contributed by atoms with Crippen molar-refractivity contribution in [3.8, 4) is 6.07 Å². The molecule has 1 unspecified atom stereocenters. The lowest BCUT2D eigenvalue weighted by Crippen LogP contribution is -2.48. The predicted octanol–water partition coefficient (Wildman–Crippen LogP) is 1.02. The summed E-state index contributed by atoms with van der Waals surface area (Å²) in [5.41, 5.74) is -0.637. The molecular weight excluding hydrogens is 346 g/mol. The normalized spacial score (nSPS) is 16.2. The van der Waals surface area contributed by atoms with Gasteiger partial charge in [0.05, 0.1) is 17.9 Å². The van der Waals surface area contributed by atoms with E-state index in [-0.39, 0.29) is 17.2 Å². The average Bonchev–Trinajstić information content (AvgIpc) is 3.36. The van der Waals surface area contributed by atoms with Gasteiger partial charge in [0.1, 0.15) is 5.54 Å². The monoisotopic (exact) mass is 365 g/mol. The number of carbonyl (C=O) groups is 2. The van der Waals surface area contributed by atoms with E-state index in [1.807, 2.05) is 0 Å². The Kier molecular flexibility index (Phi) is 5.33. The maximum Gasteiger partial charge on any atom is 0.338 e. The fourth-order valence-corrected chi connectivity index (χ4v) is 2.90. The van der Waals surface area contributed by atoms with E-state index in [0.717, 1.165) is 19.1 Å². The molecule has 1 amide bonds. The predicted molar refractivity (Wildman–Crippen MR) is 90.1 cm³/mol. The molecule has 1 saturated carbocycles. The van der Waals surface area contributed by atoms with E-state index >= 15 is 0 Å². The van der Waals surface area contributed by atoms with Crippen LogP contribution in [-0.4, -0.2) is 38.7 Å². The third kappa shape index (κ3) is 5.46. The lowest BCUT2D eigenvalue weighted by molar-refractivity contribution is -0.125. The van der Waals surface area contributed by atoms with Gasteiger partial charge in [-0.15, -0.1) is 0 Å². The maximum absolute atomic E-state index is 12.0.